The molecule has 2 aliphatic rings. The van der Waals surface area contributed by atoms with E-state index in [2.05, 4.69) is 4.72 Å². The first-order valence-corrected chi connectivity index (χ1v) is 10.4. The lowest BCUT2D eigenvalue weighted by Gasteiger charge is -2.23. The number of hydrogen-bond donors (Lipinski definition) is 2. The number of fused-ring (bicyclic) bond motifs is 1. The predicted molar refractivity (Wildman–Crippen MR) is 95.6 cm³/mol. The van der Waals surface area contributed by atoms with Crippen LogP contribution in [0.3, 0.4) is 0 Å². The molecule has 2 aliphatic heterocycles. The summed E-state index contributed by atoms with van der Waals surface area (Å²) in [5.41, 5.74) is 5.68. The minimum atomic E-state index is -3.72. The van der Waals surface area contributed by atoms with E-state index in [9.17, 15) is 13.2 Å². The van der Waals surface area contributed by atoms with Crippen LogP contribution in [-0.4, -0.2) is 58.1 Å². The quantitative estimate of drug-likeness (QED) is 0.739. The van der Waals surface area contributed by atoms with Crippen molar-refractivity contribution in [2.24, 2.45) is 5.73 Å². The molecule has 3 N–H and O–H groups in total. The maximum atomic E-state index is 12.5. The normalized spacial score (nSPS) is 20.0. The Labute approximate surface area is 153 Å². The molecule has 26 heavy (non-hydrogen) atoms. The third-order valence-corrected chi connectivity index (χ3v) is 6.09. The molecule has 3 rings (SSSR count). The Morgan fingerprint density at radius 2 is 2.00 bits per heavy atom. The van der Waals surface area contributed by atoms with Crippen LogP contribution in [-0.2, 0) is 14.8 Å². The number of carbonyl (C=O) groups excluding carboxylic acids is 1. The summed E-state index contributed by atoms with van der Waals surface area (Å²) in [6, 6.07) is 4.59. The number of nitrogens with zero attached hydrogens (tertiary/aromatic N) is 1. The van der Waals surface area contributed by atoms with Gasteiger partial charge in [0.1, 0.15) is 0 Å². The average Bonchev–Trinajstić information content (AvgIpc) is 2.98. The number of ether oxygens (including phenoxy) is 2. The van der Waals surface area contributed by atoms with E-state index in [1.165, 1.54) is 12.1 Å². The van der Waals surface area contributed by atoms with Crippen molar-refractivity contribution in [3.8, 4) is 11.5 Å². The zero-order valence-electron chi connectivity index (χ0n) is 14.6. The summed E-state index contributed by atoms with van der Waals surface area (Å²) < 4.78 is 38.5. The average molecular weight is 383 g/mol. The first-order valence-electron chi connectivity index (χ1n) is 8.90. The van der Waals surface area contributed by atoms with Crippen molar-refractivity contribution in [1.29, 1.82) is 0 Å². The molecular formula is C17H25N3O5S. The van der Waals surface area contributed by atoms with E-state index in [0.717, 1.165) is 19.3 Å². The number of benzene rings is 1. The standard InChI is InChI=1S/C17H25N3O5S/c18-12-13-3-1-8-20(13)17(21)6-7-19-26(22,23)14-4-5-15-16(11-14)25-10-2-9-24-15/h4-5,11,13,19H,1-3,6-10,12,18H2. The van der Waals surface area contributed by atoms with Gasteiger partial charge in [0.25, 0.3) is 0 Å². The smallest absolute Gasteiger partial charge is 0.240 e. The lowest BCUT2D eigenvalue weighted by atomic mass is 10.2. The minimum Gasteiger partial charge on any atom is -0.490 e. The lowest BCUT2D eigenvalue weighted by molar-refractivity contribution is -0.131. The molecule has 0 aliphatic carbocycles. The fourth-order valence-corrected chi connectivity index (χ4v) is 4.29. The topological polar surface area (TPSA) is 111 Å². The molecule has 0 aromatic heterocycles. The van der Waals surface area contributed by atoms with Gasteiger partial charge in [-0.05, 0) is 25.0 Å². The van der Waals surface area contributed by atoms with Crippen LogP contribution in [0.1, 0.15) is 25.7 Å². The summed E-state index contributed by atoms with van der Waals surface area (Å²) in [6.45, 7) is 2.20. The SMILES string of the molecule is NCC1CCCN1C(=O)CCNS(=O)(=O)c1ccc2c(c1)OCCCO2. The second-order valence-corrected chi connectivity index (χ2v) is 8.19. The zero-order valence-corrected chi connectivity index (χ0v) is 15.5. The van der Waals surface area contributed by atoms with Crippen LogP contribution in [0.4, 0.5) is 0 Å². The first-order chi connectivity index (χ1) is 12.5. The van der Waals surface area contributed by atoms with Crippen molar-refractivity contribution in [3.05, 3.63) is 18.2 Å². The molecule has 1 amide bonds. The van der Waals surface area contributed by atoms with Crippen molar-refractivity contribution in [2.45, 2.75) is 36.6 Å². The molecule has 8 nitrogen and oxygen atoms in total. The maximum absolute atomic E-state index is 12.5. The van der Waals surface area contributed by atoms with Gasteiger partial charge in [0.15, 0.2) is 11.5 Å². The van der Waals surface area contributed by atoms with Crippen molar-refractivity contribution in [1.82, 2.24) is 9.62 Å². The van der Waals surface area contributed by atoms with Gasteiger partial charge in [0, 0.05) is 44.6 Å². The van der Waals surface area contributed by atoms with Gasteiger partial charge in [0.2, 0.25) is 15.9 Å². The molecule has 1 fully saturated rings. The molecule has 0 radical (unpaired) electrons. The second kappa shape index (κ2) is 8.24. The van der Waals surface area contributed by atoms with Crippen LogP contribution in [0.2, 0.25) is 0 Å². The van der Waals surface area contributed by atoms with Crippen molar-refractivity contribution < 1.29 is 22.7 Å². The molecule has 9 heteroatoms. The van der Waals surface area contributed by atoms with Crippen LogP contribution in [0.5, 0.6) is 11.5 Å². The number of sulfonamides is 1. The molecule has 0 bridgehead atoms. The van der Waals surface area contributed by atoms with Crippen LogP contribution < -0.4 is 19.9 Å². The third kappa shape index (κ3) is 4.28. The Hall–Kier alpha value is -1.84. The Morgan fingerprint density at radius 3 is 2.77 bits per heavy atom. The van der Waals surface area contributed by atoms with E-state index in [1.54, 1.807) is 11.0 Å². The van der Waals surface area contributed by atoms with Crippen molar-refractivity contribution in [2.75, 3.05) is 32.8 Å². The largest absolute Gasteiger partial charge is 0.490 e. The number of nitrogens with one attached hydrogen (secondary N) is 1. The third-order valence-electron chi connectivity index (χ3n) is 4.63. The summed E-state index contributed by atoms with van der Waals surface area (Å²) in [4.78, 5) is 14.1. The van der Waals surface area contributed by atoms with Crippen LogP contribution in [0, 0.1) is 0 Å². The summed E-state index contributed by atoms with van der Waals surface area (Å²) in [5.74, 6) is 0.891. The molecule has 144 valence electrons. The number of carbonyl (C=O) groups is 1. The lowest BCUT2D eigenvalue weighted by Crippen LogP contribution is -2.41. The van der Waals surface area contributed by atoms with E-state index in [0.29, 0.717) is 37.8 Å². The van der Waals surface area contributed by atoms with Crippen LogP contribution >= 0.6 is 0 Å². The van der Waals surface area contributed by atoms with E-state index in [4.69, 9.17) is 15.2 Å². The molecule has 2 heterocycles. The fraction of sp³-hybridized carbons (Fsp3) is 0.588. The van der Waals surface area contributed by atoms with Gasteiger partial charge >= 0.3 is 0 Å². The molecule has 0 spiro atoms. The van der Waals surface area contributed by atoms with Gasteiger partial charge in [-0.2, -0.15) is 0 Å². The molecular weight excluding hydrogens is 358 g/mol. The van der Waals surface area contributed by atoms with Gasteiger partial charge in [0.05, 0.1) is 18.1 Å². The second-order valence-electron chi connectivity index (χ2n) is 6.43. The zero-order chi connectivity index (χ0) is 18.6. The number of hydrogen-bond acceptors (Lipinski definition) is 6. The summed E-state index contributed by atoms with van der Waals surface area (Å²) >= 11 is 0. The highest BCUT2D eigenvalue weighted by atomic mass is 32.2. The summed E-state index contributed by atoms with van der Waals surface area (Å²) in [7, 11) is -3.72. The number of rotatable bonds is 6. The summed E-state index contributed by atoms with van der Waals surface area (Å²) in [6.07, 6.45) is 2.71. The van der Waals surface area contributed by atoms with Gasteiger partial charge in [-0.15, -0.1) is 0 Å². The van der Waals surface area contributed by atoms with Gasteiger partial charge in [-0.1, -0.05) is 0 Å². The number of nitrogens with two attached hydrogens (primary N) is 1. The van der Waals surface area contributed by atoms with Crippen molar-refractivity contribution >= 4 is 15.9 Å². The highest BCUT2D eigenvalue weighted by Gasteiger charge is 2.27. The molecule has 1 aromatic rings. The monoisotopic (exact) mass is 383 g/mol. The molecule has 1 saturated heterocycles. The Bertz CT molecular complexity index is 753. The summed E-state index contributed by atoms with van der Waals surface area (Å²) in [5, 5.41) is 0. The molecule has 1 atom stereocenters. The van der Waals surface area contributed by atoms with Gasteiger partial charge < -0.3 is 20.1 Å². The predicted octanol–water partition coefficient (Wildman–Crippen LogP) is 0.466. The fourth-order valence-electron chi connectivity index (χ4n) is 3.24. The minimum absolute atomic E-state index is 0.0450. The van der Waals surface area contributed by atoms with E-state index < -0.39 is 10.0 Å². The van der Waals surface area contributed by atoms with E-state index in [-0.39, 0.29) is 29.8 Å². The highest BCUT2D eigenvalue weighted by Crippen LogP contribution is 2.31. The van der Waals surface area contributed by atoms with Gasteiger partial charge in [-0.25, -0.2) is 13.1 Å². The Balaban J connectivity index is 1.59. The molecule has 0 saturated carbocycles. The van der Waals surface area contributed by atoms with E-state index >= 15 is 0 Å². The van der Waals surface area contributed by atoms with Crippen molar-refractivity contribution in [3.63, 3.8) is 0 Å². The first kappa shape index (κ1) is 18.9. The van der Waals surface area contributed by atoms with Crippen LogP contribution in [0.25, 0.3) is 0 Å². The maximum Gasteiger partial charge on any atom is 0.240 e. The Morgan fingerprint density at radius 1 is 1.23 bits per heavy atom. The number of amides is 1. The van der Waals surface area contributed by atoms with Gasteiger partial charge in [-0.3, -0.25) is 4.79 Å². The molecule has 1 unspecified atom stereocenters. The number of likely N-dealkylation sites (tertiary alicyclic amines) is 1. The van der Waals surface area contributed by atoms with E-state index in [1.807, 2.05) is 0 Å². The molecule has 1 aromatic carbocycles. The Kier molecular flexibility index (Phi) is 6.00. The van der Waals surface area contributed by atoms with Crippen LogP contribution in [0.15, 0.2) is 23.1 Å². The highest BCUT2D eigenvalue weighted by molar-refractivity contribution is 7.89.